The number of likely N-dealkylation sites (tertiary alicyclic amines) is 1. The first-order chi connectivity index (χ1) is 21.5. The molecule has 2 N–H and O–H groups in total. The number of aryl methyl sites for hydroxylation is 1. The van der Waals surface area contributed by atoms with Gasteiger partial charge < -0.3 is 25.0 Å². The molecule has 44 heavy (non-hydrogen) atoms. The van der Waals surface area contributed by atoms with E-state index in [4.69, 9.17) is 0 Å². The molecule has 2 aromatic carbocycles. The van der Waals surface area contributed by atoms with Crippen molar-refractivity contribution < 1.29 is 14.0 Å². The number of carbonyl (C=O) groups is 2. The van der Waals surface area contributed by atoms with Gasteiger partial charge in [0.15, 0.2) is 5.82 Å². The maximum Gasteiger partial charge on any atom is 0.270 e. The fourth-order valence-corrected chi connectivity index (χ4v) is 6.78. The van der Waals surface area contributed by atoms with Gasteiger partial charge in [0.2, 0.25) is 5.91 Å². The molecule has 4 aromatic rings. The predicted octanol–water partition coefficient (Wildman–Crippen LogP) is 4.61. The molecule has 0 spiro atoms. The third kappa shape index (κ3) is 5.70. The highest BCUT2D eigenvalue weighted by Crippen LogP contribution is 2.39. The summed E-state index contributed by atoms with van der Waals surface area (Å²) in [5.74, 6) is -0.523. The molecule has 2 amide bonds. The number of benzene rings is 2. The Hall–Kier alpha value is -4.18. The molecule has 3 fully saturated rings. The summed E-state index contributed by atoms with van der Waals surface area (Å²) in [4.78, 5) is 35.7. The van der Waals surface area contributed by atoms with Crippen LogP contribution in [0.1, 0.15) is 54.1 Å². The standard InChI is InChI=1S/C34H40FN7O2/c1-39(25-9-10-25)34(44)30-21-29-27(23-5-7-26(8-6-23)40-18-13-36-14-19-40)20-28(32(35)33(29)38-30)24-4-2-15-41(22-24)31(43)11-17-42-16-3-12-37-42/h3,5-8,12,16,20-21,24-25,36,38H,2,4,9-11,13-15,17-19,22H2,1H3/t24-/m0/s1. The number of aromatic nitrogens is 3. The minimum Gasteiger partial charge on any atom is -0.369 e. The van der Waals surface area contributed by atoms with Gasteiger partial charge in [0.1, 0.15) is 5.69 Å². The molecule has 1 aliphatic carbocycles. The minimum absolute atomic E-state index is 0.0614. The summed E-state index contributed by atoms with van der Waals surface area (Å²) >= 11 is 0. The number of carbonyl (C=O) groups excluding carboxylic acids is 2. The van der Waals surface area contributed by atoms with E-state index in [2.05, 4.69) is 44.6 Å². The predicted molar refractivity (Wildman–Crippen MR) is 169 cm³/mol. The van der Waals surface area contributed by atoms with Crippen molar-refractivity contribution in [2.45, 2.75) is 50.6 Å². The number of nitrogens with one attached hydrogen (secondary N) is 2. The summed E-state index contributed by atoms with van der Waals surface area (Å²) in [5.41, 5.74) is 4.41. The van der Waals surface area contributed by atoms with Gasteiger partial charge in [-0.2, -0.15) is 5.10 Å². The van der Waals surface area contributed by atoms with E-state index < -0.39 is 0 Å². The van der Waals surface area contributed by atoms with Crippen LogP contribution in [0.15, 0.2) is 54.9 Å². The van der Waals surface area contributed by atoms with Crippen molar-refractivity contribution in [2.75, 3.05) is 51.2 Å². The van der Waals surface area contributed by atoms with E-state index in [1.165, 1.54) is 5.69 Å². The molecule has 2 aromatic heterocycles. The van der Waals surface area contributed by atoms with Crippen molar-refractivity contribution in [3.8, 4) is 11.1 Å². The molecule has 0 unspecified atom stereocenters. The topological polar surface area (TPSA) is 89.5 Å². The van der Waals surface area contributed by atoms with Crippen molar-refractivity contribution in [2.24, 2.45) is 0 Å². The lowest BCUT2D eigenvalue weighted by atomic mass is 9.87. The first-order valence-electron chi connectivity index (χ1n) is 15.9. The van der Waals surface area contributed by atoms with Crippen LogP contribution in [0.2, 0.25) is 0 Å². The Morgan fingerprint density at radius 1 is 1.07 bits per heavy atom. The molecule has 2 aliphatic heterocycles. The number of piperazine rings is 1. The number of hydrogen-bond acceptors (Lipinski definition) is 5. The van der Waals surface area contributed by atoms with Crippen molar-refractivity contribution in [1.29, 1.82) is 0 Å². The Balaban J connectivity index is 1.22. The fourth-order valence-electron chi connectivity index (χ4n) is 6.78. The maximum absolute atomic E-state index is 16.5. The third-order valence-electron chi connectivity index (χ3n) is 9.51. The molecule has 3 aliphatic rings. The molecule has 1 atom stereocenters. The zero-order valence-corrected chi connectivity index (χ0v) is 25.3. The van der Waals surface area contributed by atoms with Gasteiger partial charge in [-0.1, -0.05) is 12.1 Å². The SMILES string of the molecule is CN(C(=O)c1cc2c(-c3ccc(N4CCNCC4)cc3)cc([C@H]3CCCN(C(=O)CCn4cccn4)C3)c(F)c2[nH]1)C1CC1. The number of piperidine rings is 1. The van der Waals surface area contributed by atoms with Gasteiger partial charge in [-0.05, 0) is 72.7 Å². The van der Waals surface area contributed by atoms with Crippen molar-refractivity contribution in [3.05, 3.63) is 71.9 Å². The van der Waals surface area contributed by atoms with Crippen LogP contribution in [0.25, 0.3) is 22.0 Å². The summed E-state index contributed by atoms with van der Waals surface area (Å²) in [6.07, 6.45) is 7.54. The van der Waals surface area contributed by atoms with Crippen LogP contribution in [0.4, 0.5) is 10.1 Å². The van der Waals surface area contributed by atoms with E-state index >= 15 is 4.39 Å². The number of fused-ring (bicyclic) bond motifs is 1. The highest BCUT2D eigenvalue weighted by Gasteiger charge is 2.32. The molecular weight excluding hydrogens is 557 g/mol. The largest absolute Gasteiger partial charge is 0.369 e. The van der Waals surface area contributed by atoms with Gasteiger partial charge in [0.05, 0.1) is 5.52 Å². The fraction of sp³-hybridized carbons (Fsp3) is 0.441. The highest BCUT2D eigenvalue weighted by atomic mass is 19.1. The van der Waals surface area contributed by atoms with Gasteiger partial charge in [-0.3, -0.25) is 14.3 Å². The number of rotatable bonds is 8. The molecule has 7 rings (SSSR count). The quantitative estimate of drug-likeness (QED) is 0.310. The van der Waals surface area contributed by atoms with E-state index in [0.717, 1.165) is 63.0 Å². The lowest BCUT2D eigenvalue weighted by molar-refractivity contribution is -0.132. The number of halogens is 1. The lowest BCUT2D eigenvalue weighted by Gasteiger charge is -2.33. The Labute approximate surface area is 257 Å². The number of amides is 2. The van der Waals surface area contributed by atoms with Crippen LogP contribution >= 0.6 is 0 Å². The van der Waals surface area contributed by atoms with Crippen LogP contribution in [-0.2, 0) is 11.3 Å². The number of hydrogen-bond donors (Lipinski definition) is 2. The second-order valence-electron chi connectivity index (χ2n) is 12.4. The summed E-state index contributed by atoms with van der Waals surface area (Å²) < 4.78 is 18.2. The Morgan fingerprint density at radius 3 is 2.59 bits per heavy atom. The Kier molecular flexibility index (Phi) is 7.84. The molecular formula is C34H40FN7O2. The van der Waals surface area contributed by atoms with Gasteiger partial charge >= 0.3 is 0 Å². The highest BCUT2D eigenvalue weighted by molar-refractivity contribution is 6.03. The van der Waals surface area contributed by atoms with Crippen molar-refractivity contribution >= 4 is 28.4 Å². The summed E-state index contributed by atoms with van der Waals surface area (Å²) in [5, 5.41) is 8.31. The summed E-state index contributed by atoms with van der Waals surface area (Å²) in [6, 6.07) is 14.4. The molecule has 4 heterocycles. The number of aromatic amines is 1. The second-order valence-corrected chi connectivity index (χ2v) is 12.4. The van der Waals surface area contributed by atoms with Crippen LogP contribution in [-0.4, -0.2) is 88.7 Å². The van der Waals surface area contributed by atoms with Crippen LogP contribution in [0.3, 0.4) is 0 Å². The molecule has 0 bridgehead atoms. The normalized spacial score (nSPS) is 19.0. The van der Waals surface area contributed by atoms with E-state index in [0.29, 0.717) is 48.2 Å². The number of nitrogens with zero attached hydrogens (tertiary/aromatic N) is 5. The lowest BCUT2D eigenvalue weighted by Crippen LogP contribution is -2.43. The van der Waals surface area contributed by atoms with Crippen molar-refractivity contribution in [3.63, 3.8) is 0 Å². The molecule has 10 heteroatoms. The summed E-state index contributed by atoms with van der Waals surface area (Å²) in [7, 11) is 1.82. The van der Waals surface area contributed by atoms with Crippen LogP contribution in [0.5, 0.6) is 0 Å². The van der Waals surface area contributed by atoms with Crippen molar-refractivity contribution in [1.82, 2.24) is 29.9 Å². The Bertz CT molecular complexity index is 1640. The minimum atomic E-state index is -0.329. The van der Waals surface area contributed by atoms with E-state index in [1.54, 1.807) is 15.8 Å². The van der Waals surface area contributed by atoms with Gasteiger partial charge in [-0.25, -0.2) is 4.39 Å². The zero-order chi connectivity index (χ0) is 30.2. The smallest absolute Gasteiger partial charge is 0.270 e. The van der Waals surface area contributed by atoms with Gasteiger partial charge in [0, 0.05) is 94.7 Å². The van der Waals surface area contributed by atoms with Crippen LogP contribution < -0.4 is 10.2 Å². The molecule has 1 saturated carbocycles. The average Bonchev–Trinajstić information content (AvgIpc) is 3.59. The van der Waals surface area contributed by atoms with Gasteiger partial charge in [-0.15, -0.1) is 0 Å². The third-order valence-corrected chi connectivity index (χ3v) is 9.51. The Morgan fingerprint density at radius 2 is 1.86 bits per heavy atom. The maximum atomic E-state index is 16.5. The number of anilines is 1. The van der Waals surface area contributed by atoms with Gasteiger partial charge in [0.25, 0.3) is 5.91 Å². The number of H-pyrrole nitrogens is 1. The first-order valence-corrected chi connectivity index (χ1v) is 15.9. The summed E-state index contributed by atoms with van der Waals surface area (Å²) in [6.45, 7) is 5.51. The molecule has 230 valence electrons. The molecule has 9 nitrogen and oxygen atoms in total. The van der Waals surface area contributed by atoms with E-state index in [-0.39, 0.29) is 29.6 Å². The van der Waals surface area contributed by atoms with E-state index in [1.807, 2.05) is 36.3 Å². The van der Waals surface area contributed by atoms with E-state index in [9.17, 15) is 9.59 Å². The molecule has 0 radical (unpaired) electrons. The zero-order valence-electron chi connectivity index (χ0n) is 25.3. The molecule has 2 saturated heterocycles. The average molecular weight is 598 g/mol. The first kappa shape index (κ1) is 28.6. The van der Waals surface area contributed by atoms with Crippen LogP contribution in [0, 0.1) is 5.82 Å². The monoisotopic (exact) mass is 597 g/mol. The second kappa shape index (κ2) is 12.1.